The summed E-state index contributed by atoms with van der Waals surface area (Å²) in [6.07, 6.45) is 1.04. The Kier molecular flexibility index (Phi) is 6.07. The first-order chi connectivity index (χ1) is 8.50. The van der Waals surface area contributed by atoms with Gasteiger partial charge in [-0.1, -0.05) is 0 Å². The minimum absolute atomic E-state index is 0.0114. The monoisotopic (exact) mass is 257 g/mol. The molecular weight excluding hydrogens is 234 g/mol. The van der Waals surface area contributed by atoms with Crippen LogP contribution in [0.2, 0.25) is 0 Å². The molecule has 6 nitrogen and oxygen atoms in total. The van der Waals surface area contributed by atoms with Gasteiger partial charge in [0.1, 0.15) is 0 Å². The first kappa shape index (κ1) is 14.9. The van der Waals surface area contributed by atoms with E-state index in [2.05, 4.69) is 0 Å². The molecule has 0 saturated carbocycles. The Morgan fingerprint density at radius 2 is 2.00 bits per heavy atom. The third kappa shape index (κ3) is 5.01. The number of hydrogen-bond donors (Lipinski definition) is 1. The van der Waals surface area contributed by atoms with Gasteiger partial charge in [0.15, 0.2) is 0 Å². The van der Waals surface area contributed by atoms with Crippen LogP contribution < -0.4 is 5.73 Å². The van der Waals surface area contributed by atoms with Gasteiger partial charge in [-0.15, -0.1) is 0 Å². The molecule has 0 radical (unpaired) electrons. The Balaban J connectivity index is 2.31. The number of rotatable bonds is 5. The fourth-order valence-electron chi connectivity index (χ4n) is 1.75. The van der Waals surface area contributed by atoms with Crippen molar-refractivity contribution in [2.75, 3.05) is 39.9 Å². The molecule has 104 valence electrons. The Labute approximate surface area is 108 Å². The van der Waals surface area contributed by atoms with Crippen molar-refractivity contribution >= 4 is 11.8 Å². The van der Waals surface area contributed by atoms with Crippen LogP contribution in [0, 0.1) is 0 Å². The van der Waals surface area contributed by atoms with Gasteiger partial charge in [0.2, 0.25) is 11.8 Å². The van der Waals surface area contributed by atoms with Crippen molar-refractivity contribution in [1.29, 1.82) is 0 Å². The lowest BCUT2D eigenvalue weighted by atomic mass is 10.2. The highest BCUT2D eigenvalue weighted by Crippen LogP contribution is 2.02. The van der Waals surface area contributed by atoms with Gasteiger partial charge in [0.25, 0.3) is 0 Å². The van der Waals surface area contributed by atoms with Gasteiger partial charge in [0.05, 0.1) is 19.8 Å². The van der Waals surface area contributed by atoms with Crippen molar-refractivity contribution in [1.82, 2.24) is 9.80 Å². The average Bonchev–Trinajstić information content (AvgIpc) is 2.36. The molecule has 6 heteroatoms. The summed E-state index contributed by atoms with van der Waals surface area (Å²) >= 11 is 0. The van der Waals surface area contributed by atoms with E-state index in [1.54, 1.807) is 11.9 Å². The van der Waals surface area contributed by atoms with E-state index in [1.165, 1.54) is 4.90 Å². The molecule has 1 aliphatic heterocycles. The van der Waals surface area contributed by atoms with Crippen LogP contribution in [0.5, 0.6) is 0 Å². The van der Waals surface area contributed by atoms with Crippen molar-refractivity contribution in [3.8, 4) is 0 Å². The zero-order valence-electron chi connectivity index (χ0n) is 11.2. The number of ether oxygens (including phenoxy) is 1. The fourth-order valence-corrected chi connectivity index (χ4v) is 1.75. The number of hydrogen-bond acceptors (Lipinski definition) is 4. The van der Waals surface area contributed by atoms with Gasteiger partial charge in [0, 0.05) is 32.6 Å². The SMILES string of the molecule is CC(N)CCC(=O)N(C)CC(=O)N1CCOCC1. The lowest BCUT2D eigenvalue weighted by Crippen LogP contribution is -2.46. The molecule has 0 aromatic rings. The van der Waals surface area contributed by atoms with Gasteiger partial charge in [-0.25, -0.2) is 0 Å². The van der Waals surface area contributed by atoms with Crippen molar-refractivity contribution in [3.63, 3.8) is 0 Å². The van der Waals surface area contributed by atoms with Crippen LogP contribution in [0.1, 0.15) is 19.8 Å². The fraction of sp³-hybridized carbons (Fsp3) is 0.833. The Hall–Kier alpha value is -1.14. The number of carbonyl (C=O) groups excluding carboxylic acids is 2. The normalized spacial score (nSPS) is 17.4. The summed E-state index contributed by atoms with van der Waals surface area (Å²) < 4.78 is 5.18. The Morgan fingerprint density at radius 3 is 2.56 bits per heavy atom. The summed E-state index contributed by atoms with van der Waals surface area (Å²) in [5.74, 6) is -0.0520. The van der Waals surface area contributed by atoms with Gasteiger partial charge in [-0.05, 0) is 13.3 Å². The van der Waals surface area contributed by atoms with E-state index in [0.717, 1.165) is 0 Å². The Bertz CT molecular complexity index is 288. The van der Waals surface area contributed by atoms with Crippen LogP contribution in [0.3, 0.4) is 0 Å². The molecule has 18 heavy (non-hydrogen) atoms. The minimum atomic E-state index is -0.0334. The highest BCUT2D eigenvalue weighted by molar-refractivity contribution is 5.84. The summed E-state index contributed by atoms with van der Waals surface area (Å²) in [7, 11) is 1.65. The number of amides is 2. The van der Waals surface area contributed by atoms with Crippen molar-refractivity contribution in [2.45, 2.75) is 25.8 Å². The van der Waals surface area contributed by atoms with E-state index >= 15 is 0 Å². The van der Waals surface area contributed by atoms with Crippen LogP contribution >= 0.6 is 0 Å². The second-order valence-electron chi connectivity index (χ2n) is 4.76. The zero-order chi connectivity index (χ0) is 13.5. The average molecular weight is 257 g/mol. The number of likely N-dealkylation sites (N-methyl/N-ethyl adjacent to an activating group) is 1. The number of morpholine rings is 1. The van der Waals surface area contributed by atoms with Crippen LogP contribution in [0.25, 0.3) is 0 Å². The maximum atomic E-state index is 11.9. The van der Waals surface area contributed by atoms with Crippen molar-refractivity contribution in [3.05, 3.63) is 0 Å². The quantitative estimate of drug-likeness (QED) is 0.715. The molecule has 0 aromatic carbocycles. The van der Waals surface area contributed by atoms with E-state index < -0.39 is 0 Å². The Morgan fingerprint density at radius 1 is 1.39 bits per heavy atom. The van der Waals surface area contributed by atoms with Crippen LogP contribution in [-0.4, -0.2) is 67.6 Å². The van der Waals surface area contributed by atoms with E-state index in [9.17, 15) is 9.59 Å². The molecule has 1 heterocycles. The number of nitrogens with zero attached hydrogens (tertiary/aromatic N) is 2. The topological polar surface area (TPSA) is 75.9 Å². The van der Waals surface area contributed by atoms with E-state index in [1.807, 2.05) is 6.92 Å². The first-order valence-electron chi connectivity index (χ1n) is 6.35. The molecule has 1 aliphatic rings. The van der Waals surface area contributed by atoms with Gasteiger partial charge in [-0.2, -0.15) is 0 Å². The molecule has 0 spiro atoms. The van der Waals surface area contributed by atoms with E-state index in [4.69, 9.17) is 10.5 Å². The molecule has 1 unspecified atom stereocenters. The number of nitrogens with two attached hydrogens (primary N) is 1. The van der Waals surface area contributed by atoms with Gasteiger partial charge in [-0.3, -0.25) is 9.59 Å². The van der Waals surface area contributed by atoms with Crippen molar-refractivity contribution < 1.29 is 14.3 Å². The van der Waals surface area contributed by atoms with Crippen LogP contribution in [-0.2, 0) is 14.3 Å². The minimum Gasteiger partial charge on any atom is -0.378 e. The van der Waals surface area contributed by atoms with Gasteiger partial charge < -0.3 is 20.3 Å². The smallest absolute Gasteiger partial charge is 0.242 e. The predicted molar refractivity (Wildman–Crippen MR) is 67.9 cm³/mol. The summed E-state index contributed by atoms with van der Waals surface area (Å²) in [6.45, 7) is 4.38. The molecule has 2 amide bonds. The summed E-state index contributed by atoms with van der Waals surface area (Å²) in [5.41, 5.74) is 5.60. The lowest BCUT2D eigenvalue weighted by Gasteiger charge is -2.28. The molecule has 0 bridgehead atoms. The summed E-state index contributed by atoms with van der Waals surface area (Å²) in [5, 5.41) is 0. The maximum Gasteiger partial charge on any atom is 0.242 e. The zero-order valence-corrected chi connectivity index (χ0v) is 11.2. The first-order valence-corrected chi connectivity index (χ1v) is 6.35. The number of carbonyl (C=O) groups is 2. The molecular formula is C12H23N3O3. The molecule has 1 rings (SSSR count). The highest BCUT2D eigenvalue weighted by Gasteiger charge is 2.20. The van der Waals surface area contributed by atoms with Crippen LogP contribution in [0.15, 0.2) is 0 Å². The van der Waals surface area contributed by atoms with Crippen molar-refractivity contribution in [2.24, 2.45) is 5.73 Å². The standard InChI is InChI=1S/C12H23N3O3/c1-10(13)3-4-11(16)14(2)9-12(17)15-5-7-18-8-6-15/h10H,3-9,13H2,1-2H3. The molecule has 1 fully saturated rings. The highest BCUT2D eigenvalue weighted by atomic mass is 16.5. The van der Waals surface area contributed by atoms with E-state index in [-0.39, 0.29) is 24.4 Å². The molecule has 0 aliphatic carbocycles. The lowest BCUT2D eigenvalue weighted by molar-refractivity contribution is -0.141. The molecule has 2 N–H and O–H groups in total. The van der Waals surface area contributed by atoms with Gasteiger partial charge >= 0.3 is 0 Å². The predicted octanol–water partition coefficient (Wildman–Crippen LogP) is -0.569. The third-order valence-electron chi connectivity index (χ3n) is 2.98. The maximum absolute atomic E-state index is 11.9. The van der Waals surface area contributed by atoms with Crippen LogP contribution in [0.4, 0.5) is 0 Å². The summed E-state index contributed by atoms with van der Waals surface area (Å²) in [6, 6.07) is 0.0114. The molecule has 1 saturated heterocycles. The third-order valence-corrected chi connectivity index (χ3v) is 2.98. The second-order valence-corrected chi connectivity index (χ2v) is 4.76. The summed E-state index contributed by atoms with van der Waals surface area (Å²) in [4.78, 5) is 26.9. The molecule has 1 atom stereocenters. The largest absolute Gasteiger partial charge is 0.378 e. The second kappa shape index (κ2) is 7.33. The van der Waals surface area contributed by atoms with E-state index in [0.29, 0.717) is 39.1 Å². The molecule has 0 aromatic heterocycles.